The Labute approximate surface area is 160 Å². The molecule has 1 aromatic heterocycles. The highest BCUT2D eigenvalue weighted by Gasteiger charge is 2.34. The highest BCUT2D eigenvalue weighted by Crippen LogP contribution is 2.33. The van der Waals surface area contributed by atoms with Gasteiger partial charge in [0.2, 0.25) is 11.8 Å². The number of nitrogens with one attached hydrogen (secondary N) is 1. The van der Waals surface area contributed by atoms with Crippen molar-refractivity contribution in [1.82, 2.24) is 4.90 Å². The highest BCUT2D eigenvalue weighted by molar-refractivity contribution is 5.91. The Hall–Kier alpha value is -2.76. The van der Waals surface area contributed by atoms with Gasteiger partial charge in [-0.05, 0) is 48.7 Å². The van der Waals surface area contributed by atoms with E-state index >= 15 is 0 Å². The molecule has 1 aliphatic rings. The van der Waals surface area contributed by atoms with Crippen LogP contribution in [-0.4, -0.2) is 30.8 Å². The van der Waals surface area contributed by atoms with E-state index in [0.29, 0.717) is 19.5 Å². The molecule has 0 spiro atoms. The third-order valence-corrected chi connectivity index (χ3v) is 4.69. The van der Waals surface area contributed by atoms with Gasteiger partial charge in [0.15, 0.2) is 0 Å². The van der Waals surface area contributed by atoms with Crippen LogP contribution in [0, 0.1) is 5.92 Å². The van der Waals surface area contributed by atoms with Crippen molar-refractivity contribution >= 4 is 23.2 Å². The maximum absolute atomic E-state index is 12.8. The lowest BCUT2D eigenvalue weighted by atomic mass is 10.1. The number of furan rings is 1. The van der Waals surface area contributed by atoms with E-state index in [4.69, 9.17) is 4.42 Å². The van der Waals surface area contributed by atoms with Gasteiger partial charge in [-0.3, -0.25) is 9.59 Å². The van der Waals surface area contributed by atoms with Gasteiger partial charge in [0.1, 0.15) is 5.76 Å². The third-order valence-electron chi connectivity index (χ3n) is 4.69. The van der Waals surface area contributed by atoms with Crippen molar-refractivity contribution < 1.29 is 14.0 Å². The molecule has 3 rings (SSSR count). The summed E-state index contributed by atoms with van der Waals surface area (Å²) in [5.74, 6) is 1.04. The number of hydrogen-bond acceptors (Lipinski definition) is 4. The lowest BCUT2D eigenvalue weighted by Crippen LogP contribution is -2.32. The van der Waals surface area contributed by atoms with Gasteiger partial charge in [-0.2, -0.15) is 0 Å². The van der Waals surface area contributed by atoms with Crippen molar-refractivity contribution in [3.05, 3.63) is 47.9 Å². The molecule has 0 unspecified atom stereocenters. The molecule has 0 radical (unpaired) electrons. The Balaban J connectivity index is 1.86. The van der Waals surface area contributed by atoms with Gasteiger partial charge in [-0.25, -0.2) is 0 Å². The summed E-state index contributed by atoms with van der Waals surface area (Å²) in [4.78, 5) is 28.5. The van der Waals surface area contributed by atoms with Crippen molar-refractivity contribution in [1.29, 1.82) is 0 Å². The molecule has 1 heterocycles. The second-order valence-corrected chi connectivity index (χ2v) is 7.19. The van der Waals surface area contributed by atoms with Crippen LogP contribution in [0.5, 0.6) is 0 Å². The lowest BCUT2D eigenvalue weighted by Gasteiger charge is -2.26. The number of nitrogens with zero attached hydrogens (tertiary/aromatic N) is 2. The SMILES string of the molecule is CCC(=O)Nc1ccc(N(C)C)c(CN(Cc2ccco2)C(=O)C2CC2)c1. The monoisotopic (exact) mass is 369 g/mol. The summed E-state index contributed by atoms with van der Waals surface area (Å²) < 4.78 is 5.46. The topological polar surface area (TPSA) is 65.8 Å². The molecule has 1 aromatic carbocycles. The zero-order valence-corrected chi connectivity index (χ0v) is 16.2. The fourth-order valence-electron chi connectivity index (χ4n) is 3.07. The maximum atomic E-state index is 12.8. The van der Waals surface area contributed by atoms with Crippen molar-refractivity contribution in [2.75, 3.05) is 24.3 Å². The summed E-state index contributed by atoms with van der Waals surface area (Å²) in [7, 11) is 3.95. The minimum absolute atomic E-state index is 0.0277. The molecule has 0 bridgehead atoms. The fourth-order valence-corrected chi connectivity index (χ4v) is 3.07. The Morgan fingerprint density at radius 3 is 2.56 bits per heavy atom. The van der Waals surface area contributed by atoms with Crippen LogP contribution in [0.3, 0.4) is 0 Å². The predicted molar refractivity (Wildman–Crippen MR) is 105 cm³/mol. The number of carbonyl (C=O) groups is 2. The zero-order valence-electron chi connectivity index (χ0n) is 16.2. The van der Waals surface area contributed by atoms with Gasteiger partial charge in [0.05, 0.1) is 12.8 Å². The number of carbonyl (C=O) groups excluding carboxylic acids is 2. The van der Waals surface area contributed by atoms with Crippen LogP contribution in [0.4, 0.5) is 11.4 Å². The first-order valence-electron chi connectivity index (χ1n) is 9.39. The minimum atomic E-state index is -0.0277. The number of amides is 2. The summed E-state index contributed by atoms with van der Waals surface area (Å²) in [6, 6.07) is 9.55. The first kappa shape index (κ1) is 19.0. The molecule has 0 aliphatic heterocycles. The van der Waals surface area contributed by atoms with Crippen LogP contribution in [0.15, 0.2) is 41.0 Å². The van der Waals surface area contributed by atoms with Crippen LogP contribution in [-0.2, 0) is 22.7 Å². The second-order valence-electron chi connectivity index (χ2n) is 7.19. The van der Waals surface area contributed by atoms with Gasteiger partial charge in [-0.15, -0.1) is 0 Å². The number of rotatable bonds is 8. The van der Waals surface area contributed by atoms with E-state index in [1.165, 1.54) is 0 Å². The van der Waals surface area contributed by atoms with Gasteiger partial charge < -0.3 is 19.5 Å². The Morgan fingerprint density at radius 1 is 1.19 bits per heavy atom. The fraction of sp³-hybridized carbons (Fsp3) is 0.429. The standard InChI is InChI=1S/C21H27N3O3/c1-4-20(25)22-17-9-10-19(23(2)3)16(12-17)13-24(21(26)15-7-8-15)14-18-6-5-11-27-18/h5-6,9-12,15H,4,7-8,13-14H2,1-3H3,(H,22,25). The van der Waals surface area contributed by atoms with Gasteiger partial charge in [0, 0.05) is 44.4 Å². The van der Waals surface area contributed by atoms with Crippen LogP contribution in [0.2, 0.25) is 0 Å². The highest BCUT2D eigenvalue weighted by atomic mass is 16.3. The van der Waals surface area contributed by atoms with E-state index in [9.17, 15) is 9.59 Å². The van der Waals surface area contributed by atoms with Gasteiger partial charge >= 0.3 is 0 Å². The Bertz CT molecular complexity index is 795. The average molecular weight is 369 g/mol. The van der Waals surface area contributed by atoms with E-state index in [2.05, 4.69) is 5.32 Å². The largest absolute Gasteiger partial charge is 0.467 e. The zero-order chi connectivity index (χ0) is 19.4. The first-order valence-corrected chi connectivity index (χ1v) is 9.39. The second kappa shape index (κ2) is 8.29. The summed E-state index contributed by atoms with van der Waals surface area (Å²) in [6.45, 7) is 2.74. The minimum Gasteiger partial charge on any atom is -0.467 e. The van der Waals surface area contributed by atoms with Crippen LogP contribution in [0.25, 0.3) is 0 Å². The summed E-state index contributed by atoms with van der Waals surface area (Å²) in [5, 5.41) is 2.90. The Morgan fingerprint density at radius 2 is 1.96 bits per heavy atom. The molecule has 1 fully saturated rings. The van der Waals surface area contributed by atoms with Crippen molar-refractivity contribution in [2.45, 2.75) is 39.3 Å². The molecule has 144 valence electrons. The third kappa shape index (κ3) is 4.90. The lowest BCUT2D eigenvalue weighted by molar-refractivity contribution is -0.134. The van der Waals surface area contributed by atoms with E-state index in [1.807, 2.05) is 61.2 Å². The number of benzene rings is 1. The molecule has 27 heavy (non-hydrogen) atoms. The number of anilines is 2. The molecular formula is C21H27N3O3. The van der Waals surface area contributed by atoms with Crippen LogP contribution < -0.4 is 10.2 Å². The summed E-state index contributed by atoms with van der Waals surface area (Å²) in [6.07, 6.45) is 3.97. The molecule has 6 nitrogen and oxygen atoms in total. The smallest absolute Gasteiger partial charge is 0.226 e. The molecular weight excluding hydrogens is 342 g/mol. The van der Waals surface area contributed by atoms with Crippen molar-refractivity contribution in [2.24, 2.45) is 5.92 Å². The van der Waals surface area contributed by atoms with Crippen LogP contribution in [0.1, 0.15) is 37.5 Å². The van der Waals surface area contributed by atoms with E-state index in [1.54, 1.807) is 6.26 Å². The van der Waals surface area contributed by atoms with E-state index < -0.39 is 0 Å². The molecule has 2 amide bonds. The normalized spacial score (nSPS) is 13.3. The molecule has 0 saturated heterocycles. The van der Waals surface area contributed by atoms with Gasteiger partial charge in [0.25, 0.3) is 0 Å². The molecule has 1 N–H and O–H groups in total. The molecule has 1 saturated carbocycles. The molecule has 1 aliphatic carbocycles. The quantitative estimate of drug-likeness (QED) is 0.772. The van der Waals surface area contributed by atoms with Crippen molar-refractivity contribution in [3.63, 3.8) is 0 Å². The van der Waals surface area contributed by atoms with Crippen LogP contribution >= 0.6 is 0 Å². The molecule has 0 atom stereocenters. The Kier molecular flexibility index (Phi) is 5.84. The predicted octanol–water partition coefficient (Wildman–Crippen LogP) is 3.63. The van der Waals surface area contributed by atoms with Gasteiger partial charge in [-0.1, -0.05) is 6.92 Å². The van der Waals surface area contributed by atoms with Crippen molar-refractivity contribution in [3.8, 4) is 0 Å². The number of hydrogen-bond donors (Lipinski definition) is 1. The summed E-state index contributed by atoms with van der Waals surface area (Å²) in [5.41, 5.74) is 2.77. The average Bonchev–Trinajstić information content (AvgIpc) is 3.37. The maximum Gasteiger partial charge on any atom is 0.226 e. The van der Waals surface area contributed by atoms with E-state index in [-0.39, 0.29) is 17.7 Å². The molecule has 6 heteroatoms. The molecule has 2 aromatic rings. The van der Waals surface area contributed by atoms with E-state index in [0.717, 1.165) is 35.5 Å². The summed E-state index contributed by atoms with van der Waals surface area (Å²) >= 11 is 0. The first-order chi connectivity index (χ1) is 13.0.